The Bertz CT molecular complexity index is 542. The van der Waals surface area contributed by atoms with Gasteiger partial charge in [-0.15, -0.1) is 10.2 Å². The molecule has 1 heterocycles. The molecule has 0 aliphatic carbocycles. The minimum atomic E-state index is 0.602. The number of nitrogens with zero attached hydrogens (tertiary/aromatic N) is 2. The predicted molar refractivity (Wildman–Crippen MR) is 83.8 cm³/mol. The van der Waals surface area contributed by atoms with Crippen molar-refractivity contribution in [2.75, 3.05) is 26.8 Å². The lowest BCUT2D eigenvalue weighted by Crippen LogP contribution is -2.21. The third kappa shape index (κ3) is 4.68. The van der Waals surface area contributed by atoms with Crippen LogP contribution in [0.25, 0.3) is 10.6 Å². The summed E-state index contributed by atoms with van der Waals surface area (Å²) in [4.78, 5) is 0. The van der Waals surface area contributed by atoms with Crippen LogP contribution in [0.1, 0.15) is 5.01 Å². The molecule has 0 unspecified atom stereocenters. The number of aromatic nitrogens is 2. The van der Waals surface area contributed by atoms with Crippen LogP contribution in [0.2, 0.25) is 10.0 Å². The maximum atomic E-state index is 5.99. The maximum absolute atomic E-state index is 5.99. The van der Waals surface area contributed by atoms with Gasteiger partial charge in [-0.2, -0.15) is 0 Å². The number of hydrogen-bond donors (Lipinski definition) is 1. The van der Waals surface area contributed by atoms with Gasteiger partial charge >= 0.3 is 0 Å². The van der Waals surface area contributed by atoms with Crippen molar-refractivity contribution in [3.8, 4) is 10.6 Å². The third-order valence-corrected chi connectivity index (χ3v) is 4.04. The first kappa shape index (κ1) is 15.7. The molecule has 0 aliphatic heterocycles. The minimum absolute atomic E-state index is 0.602. The molecular weight excluding hydrogens is 317 g/mol. The number of halogens is 2. The fourth-order valence-corrected chi connectivity index (χ4v) is 3.00. The Hall–Kier alpha value is -0.720. The summed E-state index contributed by atoms with van der Waals surface area (Å²) in [7, 11) is 1.69. The van der Waals surface area contributed by atoms with Crippen molar-refractivity contribution < 1.29 is 4.74 Å². The van der Waals surface area contributed by atoms with Gasteiger partial charge in [-0.1, -0.05) is 34.5 Å². The molecule has 0 spiro atoms. The third-order valence-electron chi connectivity index (χ3n) is 2.57. The summed E-state index contributed by atoms with van der Waals surface area (Å²) in [5.41, 5.74) is 0.901. The van der Waals surface area contributed by atoms with Crippen LogP contribution in [0.3, 0.4) is 0 Å². The van der Waals surface area contributed by atoms with E-state index in [-0.39, 0.29) is 0 Å². The van der Waals surface area contributed by atoms with Gasteiger partial charge in [0, 0.05) is 42.2 Å². The molecule has 1 aromatic carbocycles. The molecule has 2 aromatic rings. The van der Waals surface area contributed by atoms with Crippen LogP contribution in [0.4, 0.5) is 0 Å². The number of methoxy groups -OCH3 is 1. The fourth-order valence-electron chi connectivity index (χ4n) is 1.64. The Kier molecular flexibility index (Phi) is 6.19. The van der Waals surface area contributed by atoms with E-state index in [0.29, 0.717) is 16.7 Å². The molecule has 0 bridgehead atoms. The molecule has 108 valence electrons. The highest BCUT2D eigenvalue weighted by Gasteiger charge is 2.08. The molecule has 0 aliphatic rings. The molecule has 0 radical (unpaired) electrons. The first-order valence-corrected chi connectivity index (χ1v) is 7.75. The van der Waals surface area contributed by atoms with Crippen molar-refractivity contribution in [1.82, 2.24) is 15.5 Å². The molecule has 7 heteroatoms. The van der Waals surface area contributed by atoms with Gasteiger partial charge in [0.25, 0.3) is 0 Å². The first-order chi connectivity index (χ1) is 9.69. The van der Waals surface area contributed by atoms with E-state index in [9.17, 15) is 0 Å². The maximum Gasteiger partial charge on any atom is 0.147 e. The van der Waals surface area contributed by atoms with Crippen molar-refractivity contribution >= 4 is 34.5 Å². The number of benzene rings is 1. The Morgan fingerprint density at radius 1 is 1.15 bits per heavy atom. The van der Waals surface area contributed by atoms with Crippen molar-refractivity contribution in [3.63, 3.8) is 0 Å². The average molecular weight is 332 g/mol. The highest BCUT2D eigenvalue weighted by molar-refractivity contribution is 7.14. The zero-order valence-corrected chi connectivity index (χ0v) is 13.4. The zero-order chi connectivity index (χ0) is 14.4. The fraction of sp³-hybridized carbons (Fsp3) is 0.385. The Labute approximate surface area is 132 Å². The first-order valence-electron chi connectivity index (χ1n) is 6.17. The molecule has 1 N–H and O–H groups in total. The van der Waals surface area contributed by atoms with Crippen LogP contribution in [0.5, 0.6) is 0 Å². The lowest BCUT2D eigenvalue weighted by molar-refractivity contribution is 0.199. The van der Waals surface area contributed by atoms with Gasteiger partial charge in [-0.3, -0.25) is 0 Å². The van der Waals surface area contributed by atoms with Gasteiger partial charge in [0.1, 0.15) is 10.0 Å². The molecular formula is C13H15Cl2N3OS. The van der Waals surface area contributed by atoms with Crippen molar-refractivity contribution in [2.24, 2.45) is 0 Å². The second-order valence-electron chi connectivity index (χ2n) is 4.15. The van der Waals surface area contributed by atoms with Crippen LogP contribution < -0.4 is 5.32 Å². The van der Waals surface area contributed by atoms with E-state index in [1.165, 1.54) is 0 Å². The van der Waals surface area contributed by atoms with E-state index in [2.05, 4.69) is 15.5 Å². The quantitative estimate of drug-likeness (QED) is 0.791. The molecule has 2 rings (SSSR count). The molecule has 0 amide bonds. The van der Waals surface area contributed by atoms with E-state index in [1.54, 1.807) is 24.5 Å². The van der Waals surface area contributed by atoms with Crippen molar-refractivity contribution in [2.45, 2.75) is 6.42 Å². The molecule has 4 nitrogen and oxygen atoms in total. The van der Waals surface area contributed by atoms with Gasteiger partial charge in [-0.05, 0) is 18.2 Å². The Morgan fingerprint density at radius 2 is 1.90 bits per heavy atom. The van der Waals surface area contributed by atoms with Gasteiger partial charge in [0.2, 0.25) is 0 Å². The predicted octanol–water partition coefficient (Wildman–Crippen LogP) is 3.29. The summed E-state index contributed by atoms with van der Waals surface area (Å²) >= 11 is 13.5. The lowest BCUT2D eigenvalue weighted by Gasteiger charge is -2.01. The van der Waals surface area contributed by atoms with E-state index < -0.39 is 0 Å². The lowest BCUT2D eigenvalue weighted by atomic mass is 10.2. The molecule has 0 atom stereocenters. The smallest absolute Gasteiger partial charge is 0.147 e. The monoisotopic (exact) mass is 331 g/mol. The minimum Gasteiger partial charge on any atom is -0.383 e. The molecule has 1 aromatic heterocycles. The summed E-state index contributed by atoms with van der Waals surface area (Å²) in [5.74, 6) is 0. The van der Waals surface area contributed by atoms with Gasteiger partial charge in [0.15, 0.2) is 0 Å². The molecule has 0 saturated carbocycles. The molecule has 0 fully saturated rings. The van der Waals surface area contributed by atoms with E-state index in [0.717, 1.165) is 35.1 Å². The second kappa shape index (κ2) is 7.90. The highest BCUT2D eigenvalue weighted by atomic mass is 35.5. The van der Waals surface area contributed by atoms with Crippen LogP contribution in [0, 0.1) is 0 Å². The highest BCUT2D eigenvalue weighted by Crippen LogP contribution is 2.29. The topological polar surface area (TPSA) is 47.0 Å². The Morgan fingerprint density at radius 3 is 2.60 bits per heavy atom. The summed E-state index contributed by atoms with van der Waals surface area (Å²) < 4.78 is 4.97. The van der Waals surface area contributed by atoms with Crippen molar-refractivity contribution in [1.29, 1.82) is 0 Å². The summed E-state index contributed by atoms with van der Waals surface area (Å²) in [6.45, 7) is 2.41. The standard InChI is InChI=1S/C13H15Cl2N3OS/c1-19-5-4-16-3-2-12-17-18-13(20-12)9-6-10(14)8-11(15)7-9/h6-8,16H,2-5H2,1H3. The zero-order valence-electron chi connectivity index (χ0n) is 11.0. The van der Waals surface area contributed by atoms with E-state index >= 15 is 0 Å². The summed E-state index contributed by atoms with van der Waals surface area (Å²) in [6, 6.07) is 5.39. The van der Waals surface area contributed by atoms with Crippen LogP contribution in [0.15, 0.2) is 18.2 Å². The average Bonchev–Trinajstić information content (AvgIpc) is 2.86. The van der Waals surface area contributed by atoms with E-state index in [1.807, 2.05) is 12.1 Å². The van der Waals surface area contributed by atoms with Crippen LogP contribution in [-0.2, 0) is 11.2 Å². The normalized spacial score (nSPS) is 10.9. The van der Waals surface area contributed by atoms with Gasteiger partial charge < -0.3 is 10.1 Å². The molecule has 0 saturated heterocycles. The summed E-state index contributed by atoms with van der Waals surface area (Å²) in [6.07, 6.45) is 0.843. The van der Waals surface area contributed by atoms with Gasteiger partial charge in [-0.25, -0.2) is 0 Å². The Balaban J connectivity index is 1.94. The summed E-state index contributed by atoms with van der Waals surface area (Å²) in [5, 5.41) is 14.7. The number of nitrogens with one attached hydrogen (secondary N) is 1. The van der Waals surface area contributed by atoms with Crippen LogP contribution in [-0.4, -0.2) is 37.0 Å². The number of hydrogen-bond acceptors (Lipinski definition) is 5. The SMILES string of the molecule is COCCNCCc1nnc(-c2cc(Cl)cc(Cl)c2)s1. The second-order valence-corrected chi connectivity index (χ2v) is 6.09. The molecule has 20 heavy (non-hydrogen) atoms. The number of ether oxygens (including phenoxy) is 1. The van der Waals surface area contributed by atoms with Gasteiger partial charge in [0.05, 0.1) is 6.61 Å². The van der Waals surface area contributed by atoms with Crippen molar-refractivity contribution in [3.05, 3.63) is 33.3 Å². The van der Waals surface area contributed by atoms with E-state index in [4.69, 9.17) is 27.9 Å². The largest absolute Gasteiger partial charge is 0.383 e. The number of rotatable bonds is 7. The van der Waals surface area contributed by atoms with Crippen LogP contribution >= 0.6 is 34.5 Å².